The van der Waals surface area contributed by atoms with E-state index in [-0.39, 0.29) is 24.6 Å². The number of nitrogens with one attached hydrogen (secondary N) is 1. The Hall–Kier alpha value is -5.10. The van der Waals surface area contributed by atoms with Crippen LogP contribution in [0.3, 0.4) is 0 Å². The van der Waals surface area contributed by atoms with E-state index in [1.165, 1.54) is 12.1 Å². The van der Waals surface area contributed by atoms with Crippen molar-refractivity contribution < 1.29 is 32.6 Å². The SMILES string of the molecule is N#Cc1cccc(-c2ccc(-c3ccc(OC(F)(F)F)cc3)cc2Cc2ccc(C(=O)NCCC(=O)O)cc2)c1. The molecule has 0 unspecified atom stereocenters. The van der Waals surface area contributed by atoms with Gasteiger partial charge < -0.3 is 15.2 Å². The molecule has 4 rings (SSSR count). The minimum absolute atomic E-state index is 0.0249. The molecule has 0 atom stereocenters. The number of carboxylic acid groups (broad SMARTS) is 1. The fraction of sp³-hybridized carbons (Fsp3) is 0.129. The molecule has 0 aromatic heterocycles. The van der Waals surface area contributed by atoms with Crippen molar-refractivity contribution in [1.29, 1.82) is 5.26 Å². The first kappa shape index (κ1) is 27.9. The number of carbonyl (C=O) groups excluding carboxylic acids is 1. The van der Waals surface area contributed by atoms with Crippen molar-refractivity contribution in [3.05, 3.63) is 113 Å². The Morgan fingerprint density at radius 3 is 2.23 bits per heavy atom. The number of hydrogen-bond acceptors (Lipinski definition) is 4. The lowest BCUT2D eigenvalue weighted by Gasteiger charge is -2.14. The van der Waals surface area contributed by atoms with Gasteiger partial charge in [0.25, 0.3) is 5.91 Å². The van der Waals surface area contributed by atoms with Crippen LogP contribution in [0.5, 0.6) is 5.75 Å². The Balaban J connectivity index is 1.63. The van der Waals surface area contributed by atoms with Gasteiger partial charge in [0.2, 0.25) is 0 Å². The molecule has 0 saturated heterocycles. The minimum atomic E-state index is -4.77. The molecule has 202 valence electrons. The maximum absolute atomic E-state index is 12.6. The van der Waals surface area contributed by atoms with Gasteiger partial charge in [-0.3, -0.25) is 9.59 Å². The molecule has 9 heteroatoms. The monoisotopic (exact) mass is 544 g/mol. The summed E-state index contributed by atoms with van der Waals surface area (Å²) >= 11 is 0. The molecule has 0 heterocycles. The highest BCUT2D eigenvalue weighted by molar-refractivity contribution is 5.94. The maximum atomic E-state index is 12.6. The van der Waals surface area contributed by atoms with Gasteiger partial charge in [-0.1, -0.05) is 54.6 Å². The quantitative estimate of drug-likeness (QED) is 0.248. The first-order valence-corrected chi connectivity index (χ1v) is 12.2. The van der Waals surface area contributed by atoms with E-state index in [4.69, 9.17) is 5.11 Å². The van der Waals surface area contributed by atoms with E-state index in [0.29, 0.717) is 23.1 Å². The Labute approximate surface area is 228 Å². The van der Waals surface area contributed by atoms with Gasteiger partial charge in [0.15, 0.2) is 0 Å². The number of ether oxygens (including phenoxy) is 1. The van der Waals surface area contributed by atoms with Crippen molar-refractivity contribution in [3.8, 4) is 34.1 Å². The van der Waals surface area contributed by atoms with Crippen LogP contribution in [-0.4, -0.2) is 29.9 Å². The van der Waals surface area contributed by atoms with Crippen molar-refractivity contribution in [2.75, 3.05) is 6.54 Å². The lowest BCUT2D eigenvalue weighted by atomic mass is 9.90. The van der Waals surface area contributed by atoms with E-state index in [2.05, 4.69) is 16.1 Å². The van der Waals surface area contributed by atoms with E-state index in [1.54, 1.807) is 54.6 Å². The molecule has 40 heavy (non-hydrogen) atoms. The molecule has 0 aliphatic heterocycles. The van der Waals surface area contributed by atoms with E-state index in [0.717, 1.165) is 27.8 Å². The number of alkyl halides is 3. The van der Waals surface area contributed by atoms with E-state index in [9.17, 15) is 28.0 Å². The highest BCUT2D eigenvalue weighted by Crippen LogP contribution is 2.32. The Kier molecular flexibility index (Phi) is 8.50. The van der Waals surface area contributed by atoms with Crippen LogP contribution in [-0.2, 0) is 11.2 Å². The number of rotatable bonds is 9. The third kappa shape index (κ3) is 7.48. The largest absolute Gasteiger partial charge is 0.573 e. The standard InChI is InChI=1S/C31H23F3N2O4/c32-31(33,34)40-27-11-8-22(9-12-27)24-10-13-28(25-3-1-2-21(17-25)19-35)26(18-24)16-20-4-6-23(7-5-20)30(39)36-15-14-29(37)38/h1-13,17-18H,14-16H2,(H,36,39)(H,37,38). The predicted molar refractivity (Wildman–Crippen MR) is 143 cm³/mol. The Morgan fingerprint density at radius 1 is 0.875 bits per heavy atom. The molecule has 0 aliphatic carbocycles. The fourth-order valence-electron chi connectivity index (χ4n) is 4.19. The van der Waals surface area contributed by atoms with Crippen molar-refractivity contribution in [2.45, 2.75) is 19.2 Å². The molecule has 0 bridgehead atoms. The van der Waals surface area contributed by atoms with Crippen LogP contribution in [0.15, 0.2) is 91.0 Å². The molecule has 0 radical (unpaired) electrons. The number of carboxylic acids is 1. The van der Waals surface area contributed by atoms with Crippen LogP contribution < -0.4 is 10.1 Å². The molecule has 0 aliphatic rings. The first-order chi connectivity index (χ1) is 19.1. The highest BCUT2D eigenvalue weighted by atomic mass is 19.4. The van der Waals surface area contributed by atoms with Crippen LogP contribution in [0.4, 0.5) is 13.2 Å². The molecule has 1 amide bonds. The summed E-state index contributed by atoms with van der Waals surface area (Å²) in [6, 6.07) is 27.6. The van der Waals surface area contributed by atoms with Crippen molar-refractivity contribution in [1.82, 2.24) is 5.32 Å². The Morgan fingerprint density at radius 2 is 1.57 bits per heavy atom. The number of amides is 1. The number of carbonyl (C=O) groups is 2. The second kappa shape index (κ2) is 12.2. The number of benzene rings is 4. The van der Waals surface area contributed by atoms with Gasteiger partial charge in [0, 0.05) is 12.1 Å². The highest BCUT2D eigenvalue weighted by Gasteiger charge is 2.31. The summed E-state index contributed by atoms with van der Waals surface area (Å²) in [5.41, 5.74) is 5.90. The lowest BCUT2D eigenvalue weighted by Crippen LogP contribution is -2.25. The van der Waals surface area contributed by atoms with E-state index >= 15 is 0 Å². The normalized spacial score (nSPS) is 10.9. The van der Waals surface area contributed by atoms with Crippen molar-refractivity contribution in [3.63, 3.8) is 0 Å². The summed E-state index contributed by atoms with van der Waals surface area (Å²) in [6.07, 6.45) is -4.48. The van der Waals surface area contributed by atoms with Gasteiger partial charge in [0.1, 0.15) is 5.75 Å². The summed E-state index contributed by atoms with van der Waals surface area (Å²) in [5.74, 6) is -1.69. The van der Waals surface area contributed by atoms with Crippen LogP contribution in [0.2, 0.25) is 0 Å². The number of hydrogen-bond donors (Lipinski definition) is 2. The van der Waals surface area contributed by atoms with Crippen molar-refractivity contribution in [2.24, 2.45) is 0 Å². The topological polar surface area (TPSA) is 99.4 Å². The Bertz CT molecular complexity index is 1560. The molecule has 4 aromatic rings. The van der Waals surface area contributed by atoms with Gasteiger partial charge in [0.05, 0.1) is 18.1 Å². The molecule has 4 aromatic carbocycles. The average Bonchev–Trinajstić information content (AvgIpc) is 2.93. The van der Waals surface area contributed by atoms with Gasteiger partial charge in [-0.15, -0.1) is 13.2 Å². The second-order valence-corrected chi connectivity index (χ2v) is 8.91. The first-order valence-electron chi connectivity index (χ1n) is 12.2. The molecular weight excluding hydrogens is 521 g/mol. The fourth-order valence-corrected chi connectivity index (χ4v) is 4.19. The smallest absolute Gasteiger partial charge is 0.481 e. The van der Waals surface area contributed by atoms with Gasteiger partial charge in [-0.25, -0.2) is 0 Å². The average molecular weight is 545 g/mol. The zero-order valence-electron chi connectivity index (χ0n) is 21.0. The summed E-state index contributed by atoms with van der Waals surface area (Å²) < 4.78 is 41.6. The number of nitrogens with zero attached hydrogens (tertiary/aromatic N) is 1. The molecule has 0 saturated carbocycles. The predicted octanol–water partition coefficient (Wildman–Crippen LogP) is 6.59. The maximum Gasteiger partial charge on any atom is 0.573 e. The molecule has 0 fully saturated rings. The number of nitriles is 1. The molecular formula is C31H23F3N2O4. The molecule has 6 nitrogen and oxygen atoms in total. The third-order valence-corrected chi connectivity index (χ3v) is 6.06. The summed E-state index contributed by atoms with van der Waals surface area (Å²) in [7, 11) is 0. The van der Waals surface area contributed by atoms with Gasteiger partial charge in [-0.05, 0) is 76.2 Å². The summed E-state index contributed by atoms with van der Waals surface area (Å²) in [4.78, 5) is 23.0. The summed E-state index contributed by atoms with van der Waals surface area (Å²) in [6.45, 7) is 0.0249. The van der Waals surface area contributed by atoms with E-state index < -0.39 is 12.3 Å². The van der Waals surface area contributed by atoms with Crippen LogP contribution in [0, 0.1) is 11.3 Å². The third-order valence-electron chi connectivity index (χ3n) is 6.06. The lowest BCUT2D eigenvalue weighted by molar-refractivity contribution is -0.274. The number of aliphatic carboxylic acids is 1. The van der Waals surface area contributed by atoms with E-state index in [1.807, 2.05) is 24.3 Å². The molecule has 0 spiro atoms. The molecule has 2 N–H and O–H groups in total. The minimum Gasteiger partial charge on any atom is -0.481 e. The van der Waals surface area contributed by atoms with Crippen LogP contribution in [0.1, 0.15) is 33.5 Å². The van der Waals surface area contributed by atoms with Crippen molar-refractivity contribution >= 4 is 11.9 Å². The zero-order valence-corrected chi connectivity index (χ0v) is 21.0. The van der Waals surface area contributed by atoms with Crippen LogP contribution >= 0.6 is 0 Å². The van der Waals surface area contributed by atoms with Gasteiger partial charge >= 0.3 is 12.3 Å². The van der Waals surface area contributed by atoms with Gasteiger partial charge in [-0.2, -0.15) is 5.26 Å². The number of halogens is 3. The zero-order chi connectivity index (χ0) is 28.7. The summed E-state index contributed by atoms with van der Waals surface area (Å²) in [5, 5.41) is 20.7. The van der Waals surface area contributed by atoms with Crippen LogP contribution in [0.25, 0.3) is 22.3 Å². The second-order valence-electron chi connectivity index (χ2n) is 8.91.